The summed E-state index contributed by atoms with van der Waals surface area (Å²) >= 11 is 26.4. The Labute approximate surface area is 180 Å². The summed E-state index contributed by atoms with van der Waals surface area (Å²) in [5, 5.41) is 36.8. The first-order chi connectivity index (χ1) is 12.7. The number of hydrogen-bond acceptors (Lipinski definition) is 5. The van der Waals surface area contributed by atoms with Gasteiger partial charge in [0.15, 0.2) is 7.33 Å². The zero-order valence-electron chi connectivity index (χ0n) is 13.2. The first kappa shape index (κ1) is 21.2. The standard InChI is InChI=1S/C18H6Cl4N4S/c19-17(20,15-5-11(7-23)1-3-13(15)9-25)27-18(21,22)16-6-12(8-24)2-4-14(16)10-26/h1-6H. The van der Waals surface area contributed by atoms with E-state index < -0.39 is 7.33 Å². The molecule has 2 aromatic rings. The fourth-order valence-corrected chi connectivity index (χ4v) is 5.54. The van der Waals surface area contributed by atoms with Crippen molar-refractivity contribution in [3.63, 3.8) is 0 Å². The van der Waals surface area contributed by atoms with E-state index in [9.17, 15) is 10.5 Å². The second-order valence-electron chi connectivity index (χ2n) is 5.10. The van der Waals surface area contributed by atoms with Gasteiger partial charge in [0, 0.05) is 11.1 Å². The zero-order valence-corrected chi connectivity index (χ0v) is 17.0. The highest BCUT2D eigenvalue weighted by atomic mass is 35.5. The summed E-state index contributed by atoms with van der Waals surface area (Å²) in [5.74, 6) is 0. The average molecular weight is 452 g/mol. The zero-order chi connectivity index (χ0) is 20.2. The summed E-state index contributed by atoms with van der Waals surface area (Å²) in [6.07, 6.45) is 0. The highest BCUT2D eigenvalue weighted by Crippen LogP contribution is 2.59. The maximum Gasteiger partial charge on any atom is 0.192 e. The molecule has 2 rings (SSSR count). The molecule has 0 atom stereocenters. The van der Waals surface area contributed by atoms with Gasteiger partial charge in [0.05, 0.1) is 46.5 Å². The van der Waals surface area contributed by atoms with E-state index >= 15 is 0 Å². The van der Waals surface area contributed by atoms with E-state index in [-0.39, 0.29) is 33.4 Å². The smallest absolute Gasteiger partial charge is 0.192 e. The molecule has 0 N–H and O–H groups in total. The van der Waals surface area contributed by atoms with Crippen LogP contribution in [0.4, 0.5) is 0 Å². The molecule has 0 aromatic heterocycles. The van der Waals surface area contributed by atoms with Crippen molar-refractivity contribution >= 4 is 58.2 Å². The molecule has 0 spiro atoms. The Bertz CT molecular complexity index is 983. The molecule has 0 radical (unpaired) electrons. The van der Waals surface area contributed by atoms with Crippen LogP contribution in [0.25, 0.3) is 0 Å². The Hall–Kier alpha value is -2.09. The molecule has 9 heteroatoms. The van der Waals surface area contributed by atoms with E-state index in [1.807, 2.05) is 24.3 Å². The summed E-state index contributed by atoms with van der Waals surface area (Å²) < 4.78 is -3.65. The van der Waals surface area contributed by atoms with E-state index in [1.165, 1.54) is 36.4 Å². The molecule has 0 saturated carbocycles. The molecule has 0 aliphatic heterocycles. The minimum Gasteiger partial charge on any atom is -0.192 e. The van der Waals surface area contributed by atoms with Crippen LogP contribution in [0.15, 0.2) is 36.4 Å². The molecule has 27 heavy (non-hydrogen) atoms. The third-order valence-corrected chi connectivity index (χ3v) is 6.11. The number of rotatable bonds is 4. The number of hydrogen-bond donors (Lipinski definition) is 0. The largest absolute Gasteiger partial charge is 0.192 e. The van der Waals surface area contributed by atoms with Crippen molar-refractivity contribution in [1.82, 2.24) is 0 Å². The lowest BCUT2D eigenvalue weighted by molar-refractivity contribution is 1.17. The lowest BCUT2D eigenvalue weighted by atomic mass is 10.1. The Morgan fingerprint density at radius 2 is 1.00 bits per heavy atom. The van der Waals surface area contributed by atoms with Gasteiger partial charge in [0.1, 0.15) is 0 Å². The van der Waals surface area contributed by atoms with Crippen molar-refractivity contribution in [1.29, 1.82) is 21.0 Å². The van der Waals surface area contributed by atoms with Crippen LogP contribution in [-0.4, -0.2) is 0 Å². The van der Waals surface area contributed by atoms with Crippen LogP contribution in [0, 0.1) is 45.3 Å². The van der Waals surface area contributed by atoms with E-state index in [0.717, 1.165) is 0 Å². The highest BCUT2D eigenvalue weighted by molar-refractivity contribution is 8.05. The van der Waals surface area contributed by atoms with Gasteiger partial charge >= 0.3 is 0 Å². The summed E-state index contributed by atoms with van der Waals surface area (Å²) in [7, 11) is 0. The minimum atomic E-state index is -1.82. The van der Waals surface area contributed by atoms with Gasteiger partial charge in [0.2, 0.25) is 0 Å². The molecule has 0 fully saturated rings. The van der Waals surface area contributed by atoms with Crippen LogP contribution >= 0.6 is 58.2 Å². The molecular formula is C18H6Cl4N4S. The van der Waals surface area contributed by atoms with Crippen molar-refractivity contribution in [3.05, 3.63) is 69.8 Å². The molecule has 0 amide bonds. The highest BCUT2D eigenvalue weighted by Gasteiger charge is 2.42. The fourth-order valence-electron chi connectivity index (χ4n) is 2.18. The van der Waals surface area contributed by atoms with Crippen molar-refractivity contribution in [2.45, 2.75) is 7.33 Å². The SMILES string of the molecule is N#Cc1ccc(C#N)c(C(Cl)(Cl)SC(Cl)(Cl)c2cc(C#N)ccc2C#N)c1. The van der Waals surface area contributed by atoms with Gasteiger partial charge < -0.3 is 0 Å². The average Bonchev–Trinajstić information content (AvgIpc) is 2.66. The van der Waals surface area contributed by atoms with Gasteiger partial charge in [-0.3, -0.25) is 0 Å². The molecule has 4 nitrogen and oxygen atoms in total. The van der Waals surface area contributed by atoms with Crippen molar-refractivity contribution in [2.24, 2.45) is 0 Å². The van der Waals surface area contributed by atoms with E-state index in [4.69, 9.17) is 56.9 Å². The Morgan fingerprint density at radius 1 is 0.630 bits per heavy atom. The number of benzene rings is 2. The Morgan fingerprint density at radius 3 is 1.30 bits per heavy atom. The van der Waals surface area contributed by atoms with Crippen LogP contribution in [-0.2, 0) is 7.33 Å². The molecule has 0 aliphatic carbocycles. The lowest BCUT2D eigenvalue weighted by Gasteiger charge is -2.29. The van der Waals surface area contributed by atoms with E-state index in [1.54, 1.807) is 0 Å². The van der Waals surface area contributed by atoms with Crippen LogP contribution in [0.2, 0.25) is 0 Å². The predicted octanol–water partition coefficient (Wildman–Crippen LogP) is 5.78. The maximum atomic E-state index is 9.31. The normalized spacial score (nSPS) is 11.0. The first-order valence-electron chi connectivity index (χ1n) is 7.03. The molecule has 2 aromatic carbocycles. The molecule has 0 heterocycles. The second-order valence-corrected chi connectivity index (χ2v) is 10.1. The van der Waals surface area contributed by atoms with E-state index in [0.29, 0.717) is 11.8 Å². The topological polar surface area (TPSA) is 95.2 Å². The third-order valence-electron chi connectivity index (χ3n) is 3.42. The van der Waals surface area contributed by atoms with Gasteiger partial charge in [-0.05, 0) is 36.4 Å². The van der Waals surface area contributed by atoms with Gasteiger partial charge in [0.25, 0.3) is 0 Å². The van der Waals surface area contributed by atoms with Crippen molar-refractivity contribution < 1.29 is 0 Å². The molecule has 0 bridgehead atoms. The molecule has 0 aliphatic rings. The van der Waals surface area contributed by atoms with Gasteiger partial charge in [-0.25, -0.2) is 0 Å². The Balaban J connectivity index is 2.56. The van der Waals surface area contributed by atoms with Gasteiger partial charge in [-0.2, -0.15) is 21.0 Å². The summed E-state index contributed by atoms with van der Waals surface area (Å²) in [6, 6.07) is 16.2. The monoisotopic (exact) mass is 450 g/mol. The summed E-state index contributed by atoms with van der Waals surface area (Å²) in [5.41, 5.74) is 1.04. The molecular weight excluding hydrogens is 446 g/mol. The lowest BCUT2D eigenvalue weighted by Crippen LogP contribution is -2.18. The number of alkyl halides is 4. The maximum absolute atomic E-state index is 9.31. The number of nitriles is 4. The predicted molar refractivity (Wildman–Crippen MR) is 106 cm³/mol. The first-order valence-corrected chi connectivity index (χ1v) is 9.36. The fraction of sp³-hybridized carbons (Fsp3) is 0.111. The number of halogens is 4. The van der Waals surface area contributed by atoms with E-state index in [2.05, 4.69) is 0 Å². The summed E-state index contributed by atoms with van der Waals surface area (Å²) in [4.78, 5) is 0. The quantitative estimate of drug-likeness (QED) is 0.548. The number of nitrogens with zero attached hydrogens (tertiary/aromatic N) is 4. The number of thioether (sulfide) groups is 1. The Kier molecular flexibility index (Phi) is 6.51. The van der Waals surface area contributed by atoms with Crippen molar-refractivity contribution in [2.75, 3.05) is 0 Å². The van der Waals surface area contributed by atoms with Crippen LogP contribution in [0.3, 0.4) is 0 Å². The van der Waals surface area contributed by atoms with Crippen LogP contribution in [0.1, 0.15) is 33.4 Å². The summed E-state index contributed by atoms with van der Waals surface area (Å²) in [6.45, 7) is 0. The third kappa shape index (κ3) is 4.61. The van der Waals surface area contributed by atoms with Gasteiger partial charge in [-0.1, -0.05) is 58.2 Å². The van der Waals surface area contributed by atoms with Crippen LogP contribution < -0.4 is 0 Å². The molecule has 0 saturated heterocycles. The second kappa shape index (κ2) is 8.29. The van der Waals surface area contributed by atoms with Gasteiger partial charge in [-0.15, -0.1) is 0 Å². The minimum absolute atomic E-state index is 0.137. The van der Waals surface area contributed by atoms with Crippen LogP contribution in [0.5, 0.6) is 0 Å². The molecule has 0 unspecified atom stereocenters. The van der Waals surface area contributed by atoms with Crippen molar-refractivity contribution in [3.8, 4) is 24.3 Å². The molecule has 132 valence electrons.